The maximum atomic E-state index is 10.8. The topological polar surface area (TPSA) is 26.3 Å². The molecule has 0 aromatic heterocycles. The number of carbonyl (C=O) groups is 1. The van der Waals surface area contributed by atoms with Crippen molar-refractivity contribution in [2.24, 2.45) is 0 Å². The summed E-state index contributed by atoms with van der Waals surface area (Å²) in [7, 11) is 0. The molecule has 0 heterocycles. The van der Waals surface area contributed by atoms with Crippen LogP contribution in [0.4, 0.5) is 0 Å². The summed E-state index contributed by atoms with van der Waals surface area (Å²) in [5, 5.41) is 0. The average molecular weight is 258 g/mol. The Hall–Kier alpha value is -0.440. The summed E-state index contributed by atoms with van der Waals surface area (Å²) in [6, 6.07) is 0. The van der Waals surface area contributed by atoms with Crippen LogP contribution < -0.4 is 0 Å². The van der Waals surface area contributed by atoms with Crippen LogP contribution in [0.5, 0.6) is 0 Å². The second kappa shape index (κ2) is 13.6. The van der Waals surface area contributed by atoms with Crippen LogP contribution in [-0.4, -0.2) is 24.1 Å². The molecule has 3 heteroatoms. The predicted molar refractivity (Wildman–Crippen MR) is 76.5 cm³/mol. The standard InChI is InChI=1S/C14H26O2S/c1-3-5-6-7-8-9-10-12-17-13-11-16-14(15)4-2/h9-10H,3-8,11-13H2,1-2H3/b10-9-. The fourth-order valence-electron chi connectivity index (χ4n) is 1.34. The van der Waals surface area contributed by atoms with E-state index in [9.17, 15) is 4.79 Å². The van der Waals surface area contributed by atoms with Gasteiger partial charge in [0, 0.05) is 17.9 Å². The Balaban J connectivity index is 3.11. The highest BCUT2D eigenvalue weighted by Gasteiger charge is 1.96. The molecule has 0 spiro atoms. The van der Waals surface area contributed by atoms with Crippen LogP contribution in [0.1, 0.15) is 52.4 Å². The van der Waals surface area contributed by atoms with E-state index in [0.717, 1.165) is 11.5 Å². The Bertz CT molecular complexity index is 202. The molecule has 0 fully saturated rings. The van der Waals surface area contributed by atoms with Crippen molar-refractivity contribution >= 4 is 17.7 Å². The molecular weight excluding hydrogens is 232 g/mol. The Kier molecular flexibility index (Phi) is 13.3. The molecule has 0 bridgehead atoms. The molecular formula is C14H26O2S. The highest BCUT2D eigenvalue weighted by molar-refractivity contribution is 7.99. The lowest BCUT2D eigenvalue weighted by atomic mass is 10.1. The van der Waals surface area contributed by atoms with Crippen LogP contribution in [0.2, 0.25) is 0 Å². The summed E-state index contributed by atoms with van der Waals surface area (Å²) < 4.78 is 4.98. The zero-order chi connectivity index (χ0) is 12.8. The first-order valence-electron chi connectivity index (χ1n) is 6.69. The normalized spacial score (nSPS) is 10.9. The second-order valence-electron chi connectivity index (χ2n) is 3.97. The molecule has 2 nitrogen and oxygen atoms in total. The van der Waals surface area contributed by atoms with Crippen LogP contribution in [0.3, 0.4) is 0 Å². The van der Waals surface area contributed by atoms with Crippen LogP contribution in [0.15, 0.2) is 12.2 Å². The number of allylic oxidation sites excluding steroid dienone is 1. The fraction of sp³-hybridized carbons (Fsp3) is 0.786. The van der Waals surface area contributed by atoms with Gasteiger partial charge in [-0.05, 0) is 12.8 Å². The van der Waals surface area contributed by atoms with E-state index in [2.05, 4.69) is 19.1 Å². The number of hydrogen-bond acceptors (Lipinski definition) is 3. The maximum Gasteiger partial charge on any atom is 0.305 e. The van der Waals surface area contributed by atoms with Gasteiger partial charge in [0.15, 0.2) is 0 Å². The van der Waals surface area contributed by atoms with E-state index in [1.54, 1.807) is 0 Å². The molecule has 0 rings (SSSR count). The van der Waals surface area contributed by atoms with Gasteiger partial charge in [-0.25, -0.2) is 0 Å². The van der Waals surface area contributed by atoms with Gasteiger partial charge in [0.2, 0.25) is 0 Å². The summed E-state index contributed by atoms with van der Waals surface area (Å²) >= 11 is 1.81. The molecule has 0 aromatic rings. The third kappa shape index (κ3) is 13.5. The monoisotopic (exact) mass is 258 g/mol. The van der Waals surface area contributed by atoms with Gasteiger partial charge in [-0.1, -0.05) is 45.3 Å². The predicted octanol–water partition coefficient (Wildman–Crippen LogP) is 4.20. The molecule has 0 aliphatic rings. The van der Waals surface area contributed by atoms with Gasteiger partial charge in [0.25, 0.3) is 0 Å². The largest absolute Gasteiger partial charge is 0.465 e. The van der Waals surface area contributed by atoms with Crippen LogP contribution in [0.25, 0.3) is 0 Å². The summed E-state index contributed by atoms with van der Waals surface area (Å²) in [5.74, 6) is 1.82. The molecule has 0 amide bonds. The molecule has 0 unspecified atom stereocenters. The molecule has 0 atom stereocenters. The summed E-state index contributed by atoms with van der Waals surface area (Å²) in [5.41, 5.74) is 0. The Morgan fingerprint density at radius 3 is 2.71 bits per heavy atom. The lowest BCUT2D eigenvalue weighted by molar-refractivity contribution is -0.142. The molecule has 0 aromatic carbocycles. The third-order valence-electron chi connectivity index (χ3n) is 2.38. The van der Waals surface area contributed by atoms with Crippen molar-refractivity contribution in [3.63, 3.8) is 0 Å². The third-order valence-corrected chi connectivity index (χ3v) is 3.27. The highest BCUT2D eigenvalue weighted by atomic mass is 32.2. The van der Waals surface area contributed by atoms with E-state index in [4.69, 9.17) is 4.74 Å². The van der Waals surface area contributed by atoms with Crippen molar-refractivity contribution in [1.29, 1.82) is 0 Å². The SMILES string of the molecule is CCCCCC/C=C\CSCCOC(=O)CC. The summed E-state index contributed by atoms with van der Waals surface area (Å²) in [6.07, 6.45) is 11.5. The van der Waals surface area contributed by atoms with E-state index in [0.29, 0.717) is 13.0 Å². The number of esters is 1. The number of carbonyl (C=O) groups excluding carboxylic acids is 1. The van der Waals surface area contributed by atoms with Crippen molar-refractivity contribution in [1.82, 2.24) is 0 Å². The molecule has 100 valence electrons. The Labute approximate surface area is 110 Å². The van der Waals surface area contributed by atoms with Crippen molar-refractivity contribution in [3.05, 3.63) is 12.2 Å². The van der Waals surface area contributed by atoms with Crippen molar-refractivity contribution < 1.29 is 9.53 Å². The molecule has 0 saturated heterocycles. The van der Waals surface area contributed by atoms with E-state index < -0.39 is 0 Å². The Morgan fingerprint density at radius 2 is 2.00 bits per heavy atom. The van der Waals surface area contributed by atoms with E-state index >= 15 is 0 Å². The molecule has 0 radical (unpaired) electrons. The first-order chi connectivity index (χ1) is 8.31. The average Bonchev–Trinajstić information content (AvgIpc) is 2.35. The van der Waals surface area contributed by atoms with Crippen LogP contribution in [-0.2, 0) is 9.53 Å². The van der Waals surface area contributed by atoms with E-state index in [1.165, 1.54) is 32.1 Å². The smallest absolute Gasteiger partial charge is 0.305 e. The number of rotatable bonds is 11. The fourth-order valence-corrected chi connectivity index (χ4v) is 1.98. The van der Waals surface area contributed by atoms with Gasteiger partial charge in [-0.2, -0.15) is 11.8 Å². The molecule has 17 heavy (non-hydrogen) atoms. The van der Waals surface area contributed by atoms with Gasteiger partial charge in [0.1, 0.15) is 6.61 Å². The zero-order valence-corrected chi connectivity index (χ0v) is 12.1. The Morgan fingerprint density at radius 1 is 1.18 bits per heavy atom. The van der Waals surface area contributed by atoms with E-state index in [-0.39, 0.29) is 5.97 Å². The summed E-state index contributed by atoms with van der Waals surface area (Å²) in [6.45, 7) is 4.59. The number of unbranched alkanes of at least 4 members (excludes halogenated alkanes) is 4. The van der Waals surface area contributed by atoms with Gasteiger partial charge in [-0.15, -0.1) is 0 Å². The second-order valence-corrected chi connectivity index (χ2v) is 5.12. The van der Waals surface area contributed by atoms with Crippen LogP contribution >= 0.6 is 11.8 Å². The van der Waals surface area contributed by atoms with Gasteiger partial charge in [0.05, 0.1) is 0 Å². The van der Waals surface area contributed by atoms with Crippen molar-refractivity contribution in [2.45, 2.75) is 52.4 Å². The first kappa shape index (κ1) is 16.6. The number of ether oxygens (including phenoxy) is 1. The minimum Gasteiger partial charge on any atom is -0.465 e. The van der Waals surface area contributed by atoms with E-state index in [1.807, 2.05) is 18.7 Å². The lowest BCUT2D eigenvalue weighted by Gasteiger charge is -2.01. The number of hydrogen-bond donors (Lipinski definition) is 0. The zero-order valence-electron chi connectivity index (χ0n) is 11.2. The minimum atomic E-state index is -0.0999. The van der Waals surface area contributed by atoms with Gasteiger partial charge >= 0.3 is 5.97 Å². The van der Waals surface area contributed by atoms with Crippen molar-refractivity contribution in [2.75, 3.05) is 18.1 Å². The maximum absolute atomic E-state index is 10.8. The van der Waals surface area contributed by atoms with Crippen LogP contribution in [0, 0.1) is 0 Å². The van der Waals surface area contributed by atoms with Gasteiger partial charge < -0.3 is 4.74 Å². The molecule has 0 N–H and O–H groups in total. The quantitative estimate of drug-likeness (QED) is 0.316. The summed E-state index contributed by atoms with van der Waals surface area (Å²) in [4.78, 5) is 10.8. The number of thioether (sulfide) groups is 1. The van der Waals surface area contributed by atoms with Gasteiger partial charge in [-0.3, -0.25) is 4.79 Å². The first-order valence-corrected chi connectivity index (χ1v) is 7.85. The molecule has 0 saturated carbocycles. The lowest BCUT2D eigenvalue weighted by Crippen LogP contribution is -2.05. The minimum absolute atomic E-state index is 0.0999. The molecule has 0 aliphatic carbocycles. The van der Waals surface area contributed by atoms with Crippen molar-refractivity contribution in [3.8, 4) is 0 Å². The molecule has 0 aliphatic heterocycles. The highest BCUT2D eigenvalue weighted by Crippen LogP contribution is 2.05.